The first-order chi connectivity index (χ1) is 6.95. The number of likely N-dealkylation sites (N-methyl/N-ethyl adjacent to an activating group) is 1. The number of carbonyl (C=O) groups is 2. The zero-order chi connectivity index (χ0) is 11.8. The van der Waals surface area contributed by atoms with Crippen molar-refractivity contribution < 1.29 is 9.59 Å². The zero-order valence-corrected chi connectivity index (χ0v) is 10.2. The molecular weight excluding hydrogens is 192 g/mol. The van der Waals surface area contributed by atoms with Gasteiger partial charge in [0.05, 0.1) is 6.04 Å². The molecule has 0 fully saturated rings. The molecule has 0 spiro atoms. The first-order valence-corrected chi connectivity index (χ1v) is 5.36. The third kappa shape index (κ3) is 7.08. The lowest BCUT2D eigenvalue weighted by molar-refractivity contribution is -0.121. The van der Waals surface area contributed by atoms with Crippen molar-refractivity contribution >= 4 is 11.7 Å². The van der Waals surface area contributed by atoms with Crippen LogP contribution >= 0.6 is 0 Å². The van der Waals surface area contributed by atoms with Crippen LogP contribution in [0.15, 0.2) is 0 Å². The second-order valence-electron chi connectivity index (χ2n) is 4.07. The van der Waals surface area contributed by atoms with Gasteiger partial charge in [-0.1, -0.05) is 0 Å². The predicted octanol–water partition coefficient (Wildman–Crippen LogP) is 0.812. The number of Topliss-reactive ketones (excluding diaryl/α,β-unsaturated/α-hetero) is 1. The zero-order valence-electron chi connectivity index (χ0n) is 10.2. The fourth-order valence-electron chi connectivity index (χ4n) is 1.55. The molecule has 0 saturated heterocycles. The Labute approximate surface area is 92.0 Å². The molecule has 1 unspecified atom stereocenters. The van der Waals surface area contributed by atoms with Gasteiger partial charge in [-0.25, -0.2) is 0 Å². The lowest BCUT2D eigenvalue weighted by Gasteiger charge is -2.21. The quantitative estimate of drug-likeness (QED) is 0.638. The van der Waals surface area contributed by atoms with Crippen LogP contribution in [0.4, 0.5) is 0 Å². The van der Waals surface area contributed by atoms with E-state index in [0.29, 0.717) is 6.54 Å². The number of nitrogens with one attached hydrogen (secondary N) is 1. The Morgan fingerprint density at radius 3 is 2.20 bits per heavy atom. The van der Waals surface area contributed by atoms with Gasteiger partial charge in [-0.05, 0) is 40.3 Å². The van der Waals surface area contributed by atoms with Gasteiger partial charge in [0.15, 0.2) is 0 Å². The van der Waals surface area contributed by atoms with E-state index >= 15 is 0 Å². The number of nitrogens with zero attached hydrogens (tertiary/aromatic N) is 1. The first kappa shape index (κ1) is 14.1. The van der Waals surface area contributed by atoms with E-state index < -0.39 is 0 Å². The van der Waals surface area contributed by atoms with Gasteiger partial charge in [0.25, 0.3) is 0 Å². The molecule has 0 aliphatic rings. The Morgan fingerprint density at radius 1 is 1.20 bits per heavy atom. The van der Waals surface area contributed by atoms with Crippen LogP contribution in [0.25, 0.3) is 0 Å². The Bertz CT molecular complexity index is 215. The van der Waals surface area contributed by atoms with Crippen molar-refractivity contribution in [3.05, 3.63) is 0 Å². The van der Waals surface area contributed by atoms with Crippen molar-refractivity contribution in [3.63, 3.8) is 0 Å². The molecule has 0 radical (unpaired) electrons. The summed E-state index contributed by atoms with van der Waals surface area (Å²) in [7, 11) is 3.83. The van der Waals surface area contributed by atoms with Crippen LogP contribution in [-0.2, 0) is 9.59 Å². The van der Waals surface area contributed by atoms with Gasteiger partial charge in [0.2, 0.25) is 5.91 Å². The maximum Gasteiger partial charge on any atom is 0.216 e. The number of unbranched alkanes of at least 4 members (excludes halogenated alkanes) is 1. The average molecular weight is 214 g/mol. The molecule has 4 heteroatoms. The summed E-state index contributed by atoms with van der Waals surface area (Å²) < 4.78 is 0. The van der Waals surface area contributed by atoms with Crippen LogP contribution in [0.1, 0.15) is 33.1 Å². The lowest BCUT2D eigenvalue weighted by Crippen LogP contribution is -2.34. The fourth-order valence-corrected chi connectivity index (χ4v) is 1.55. The molecule has 0 bridgehead atoms. The van der Waals surface area contributed by atoms with Crippen molar-refractivity contribution in [1.82, 2.24) is 10.2 Å². The number of rotatable bonds is 7. The molecule has 0 heterocycles. The molecule has 0 aliphatic heterocycles. The highest BCUT2D eigenvalue weighted by Crippen LogP contribution is 2.06. The fraction of sp³-hybridized carbons (Fsp3) is 0.818. The molecule has 1 atom stereocenters. The lowest BCUT2D eigenvalue weighted by atomic mass is 10.1. The Hall–Kier alpha value is -0.900. The SMILES string of the molecule is CC(=O)NCCCCC(C(C)=O)N(C)C. The molecule has 88 valence electrons. The van der Waals surface area contributed by atoms with E-state index in [1.807, 2.05) is 19.0 Å². The smallest absolute Gasteiger partial charge is 0.216 e. The van der Waals surface area contributed by atoms with E-state index in [-0.39, 0.29) is 17.7 Å². The van der Waals surface area contributed by atoms with E-state index in [0.717, 1.165) is 19.3 Å². The molecule has 0 rings (SSSR count). The molecule has 0 aromatic rings. The molecule has 0 saturated carbocycles. The van der Waals surface area contributed by atoms with Crippen LogP contribution in [-0.4, -0.2) is 43.3 Å². The Morgan fingerprint density at radius 2 is 1.80 bits per heavy atom. The van der Waals surface area contributed by atoms with E-state index in [4.69, 9.17) is 0 Å². The highest BCUT2D eigenvalue weighted by molar-refractivity contribution is 5.81. The molecule has 1 amide bonds. The van der Waals surface area contributed by atoms with Crippen molar-refractivity contribution in [2.24, 2.45) is 0 Å². The number of amides is 1. The van der Waals surface area contributed by atoms with Crippen LogP contribution in [0.5, 0.6) is 0 Å². The molecule has 1 N–H and O–H groups in total. The van der Waals surface area contributed by atoms with Crippen molar-refractivity contribution in [2.75, 3.05) is 20.6 Å². The maximum atomic E-state index is 11.2. The summed E-state index contributed by atoms with van der Waals surface area (Å²) in [5.41, 5.74) is 0. The Balaban J connectivity index is 3.63. The summed E-state index contributed by atoms with van der Waals surface area (Å²) >= 11 is 0. The summed E-state index contributed by atoms with van der Waals surface area (Å²) in [4.78, 5) is 23.8. The minimum Gasteiger partial charge on any atom is -0.356 e. The molecular formula is C11H22N2O2. The maximum absolute atomic E-state index is 11.2. The van der Waals surface area contributed by atoms with E-state index in [1.54, 1.807) is 6.92 Å². The standard InChI is InChI=1S/C11H22N2O2/c1-9(14)11(13(3)4)7-5-6-8-12-10(2)15/h11H,5-8H2,1-4H3,(H,12,15). The van der Waals surface area contributed by atoms with Gasteiger partial charge in [-0.15, -0.1) is 0 Å². The second kappa shape index (κ2) is 7.40. The minimum atomic E-state index is 0.00530. The third-order valence-corrected chi connectivity index (χ3v) is 2.37. The van der Waals surface area contributed by atoms with Crippen LogP contribution < -0.4 is 5.32 Å². The topological polar surface area (TPSA) is 49.4 Å². The Kier molecular flexibility index (Phi) is 6.96. The van der Waals surface area contributed by atoms with Crippen LogP contribution in [0.2, 0.25) is 0 Å². The number of hydrogen-bond donors (Lipinski definition) is 1. The van der Waals surface area contributed by atoms with Crippen molar-refractivity contribution in [3.8, 4) is 0 Å². The summed E-state index contributed by atoms with van der Waals surface area (Å²) in [5, 5.41) is 2.74. The predicted molar refractivity (Wildman–Crippen MR) is 60.7 cm³/mol. The molecule has 0 aliphatic carbocycles. The van der Waals surface area contributed by atoms with Gasteiger partial charge in [-0.3, -0.25) is 14.5 Å². The van der Waals surface area contributed by atoms with Crippen LogP contribution in [0.3, 0.4) is 0 Å². The summed E-state index contributed by atoms with van der Waals surface area (Å²) in [6.45, 7) is 3.84. The normalized spacial score (nSPS) is 12.6. The first-order valence-electron chi connectivity index (χ1n) is 5.36. The van der Waals surface area contributed by atoms with Crippen molar-refractivity contribution in [2.45, 2.75) is 39.2 Å². The molecule has 4 nitrogen and oxygen atoms in total. The molecule has 0 aromatic heterocycles. The van der Waals surface area contributed by atoms with E-state index in [2.05, 4.69) is 5.32 Å². The van der Waals surface area contributed by atoms with Crippen LogP contribution in [0, 0.1) is 0 Å². The molecule has 15 heavy (non-hydrogen) atoms. The number of hydrogen-bond acceptors (Lipinski definition) is 3. The number of ketones is 1. The summed E-state index contributed by atoms with van der Waals surface area (Å²) in [6, 6.07) is 0.0160. The van der Waals surface area contributed by atoms with Gasteiger partial charge in [0, 0.05) is 13.5 Å². The van der Waals surface area contributed by atoms with Gasteiger partial charge in [0.1, 0.15) is 5.78 Å². The van der Waals surface area contributed by atoms with Crippen molar-refractivity contribution in [1.29, 1.82) is 0 Å². The van der Waals surface area contributed by atoms with E-state index in [9.17, 15) is 9.59 Å². The van der Waals surface area contributed by atoms with Gasteiger partial charge in [-0.2, -0.15) is 0 Å². The molecule has 0 aromatic carbocycles. The number of carbonyl (C=O) groups excluding carboxylic acids is 2. The highest BCUT2D eigenvalue weighted by Gasteiger charge is 2.15. The highest BCUT2D eigenvalue weighted by atomic mass is 16.1. The van der Waals surface area contributed by atoms with Gasteiger partial charge >= 0.3 is 0 Å². The van der Waals surface area contributed by atoms with E-state index in [1.165, 1.54) is 6.92 Å². The third-order valence-electron chi connectivity index (χ3n) is 2.37. The summed E-state index contributed by atoms with van der Waals surface area (Å²) in [6.07, 6.45) is 2.75. The summed E-state index contributed by atoms with van der Waals surface area (Å²) in [5.74, 6) is 0.213. The second-order valence-corrected chi connectivity index (χ2v) is 4.07. The minimum absolute atomic E-state index is 0.00530. The monoisotopic (exact) mass is 214 g/mol. The average Bonchev–Trinajstić information content (AvgIpc) is 2.08. The largest absolute Gasteiger partial charge is 0.356 e. The van der Waals surface area contributed by atoms with Gasteiger partial charge < -0.3 is 5.32 Å².